The molecule has 0 unspecified atom stereocenters. The zero-order chi connectivity index (χ0) is 18.7. The van der Waals surface area contributed by atoms with Crippen molar-refractivity contribution in [3.05, 3.63) is 42.0 Å². The van der Waals surface area contributed by atoms with Crippen LogP contribution in [0.25, 0.3) is 21.9 Å². The summed E-state index contributed by atoms with van der Waals surface area (Å²) >= 11 is 0. The van der Waals surface area contributed by atoms with E-state index in [0.29, 0.717) is 11.5 Å². The summed E-state index contributed by atoms with van der Waals surface area (Å²) < 4.78 is 7.56. The van der Waals surface area contributed by atoms with Crippen LogP contribution in [0.1, 0.15) is 53.5 Å². The Morgan fingerprint density at radius 1 is 0.962 bits per heavy atom. The number of aryl methyl sites for hydroxylation is 1. The molecule has 1 aromatic heterocycles. The molecule has 0 saturated carbocycles. The minimum atomic E-state index is 0.190. The van der Waals surface area contributed by atoms with Gasteiger partial charge in [-0.05, 0) is 46.8 Å². The normalized spacial score (nSPS) is 34.3. The molecule has 5 rings (SSSR count). The second-order valence-corrected chi connectivity index (χ2v) is 10.1. The summed E-state index contributed by atoms with van der Waals surface area (Å²) in [5.41, 5.74) is 5.62. The topological polar surface area (TPSA) is 13.1 Å². The fourth-order valence-electron chi connectivity index (χ4n) is 7.37. The van der Waals surface area contributed by atoms with Crippen LogP contribution in [0.15, 0.2) is 40.8 Å². The van der Waals surface area contributed by atoms with Crippen molar-refractivity contribution >= 4 is 27.6 Å². The predicted molar refractivity (Wildman–Crippen MR) is 111 cm³/mol. The zero-order valence-corrected chi connectivity index (χ0v) is 17.1. The van der Waals surface area contributed by atoms with E-state index in [9.17, 15) is 0 Å². The van der Waals surface area contributed by atoms with Crippen molar-refractivity contribution in [1.29, 1.82) is 0 Å². The summed E-state index contributed by atoms with van der Waals surface area (Å²) in [6.07, 6.45) is 1.23. The Kier molecular flexibility index (Phi) is 2.75. The largest absolute Gasteiger partial charge is 0.450 e. The van der Waals surface area contributed by atoms with E-state index >= 15 is 0 Å². The molecule has 0 aliphatic carbocycles. The number of hydrogen-bond acceptors (Lipinski definition) is 1. The van der Waals surface area contributed by atoms with Gasteiger partial charge in [0.05, 0.1) is 0 Å². The van der Waals surface area contributed by atoms with Gasteiger partial charge in [0.15, 0.2) is 16.8 Å². The van der Waals surface area contributed by atoms with Crippen LogP contribution in [-0.4, -0.2) is 17.1 Å². The molecule has 0 N–H and O–H groups in total. The molecular formula is C24H30NO+. The molecule has 0 bridgehead atoms. The molecule has 26 heavy (non-hydrogen) atoms. The Balaban J connectivity index is 1.92. The minimum Gasteiger partial charge on any atom is -0.450 e. The van der Waals surface area contributed by atoms with E-state index in [-0.39, 0.29) is 11.1 Å². The van der Waals surface area contributed by atoms with Gasteiger partial charge >= 0.3 is 0 Å². The van der Waals surface area contributed by atoms with E-state index in [1.807, 2.05) is 0 Å². The summed E-state index contributed by atoms with van der Waals surface area (Å²) in [6, 6.07) is 13.6. The SMILES string of the molecule is Cc1ccc2c(oc3ccccc32)c1[N@+]12[C@H](C)[C@@]1(C)C(C)(C)CC2(C)C. The van der Waals surface area contributed by atoms with Crippen LogP contribution >= 0.6 is 0 Å². The maximum atomic E-state index is 6.51. The summed E-state index contributed by atoms with van der Waals surface area (Å²) in [4.78, 5) is 0. The number of furan rings is 1. The summed E-state index contributed by atoms with van der Waals surface area (Å²) in [5.74, 6) is 0. The fourth-order valence-corrected chi connectivity index (χ4v) is 7.37. The van der Waals surface area contributed by atoms with Gasteiger partial charge in [0.2, 0.25) is 0 Å². The first-order valence-corrected chi connectivity index (χ1v) is 9.90. The molecule has 3 aromatic rings. The highest BCUT2D eigenvalue weighted by Crippen LogP contribution is 2.75. The molecule has 2 nitrogen and oxygen atoms in total. The quantitative estimate of drug-likeness (QED) is 0.358. The highest BCUT2D eigenvalue weighted by atomic mass is 16.3. The first-order valence-electron chi connectivity index (χ1n) is 9.90. The lowest BCUT2D eigenvalue weighted by atomic mass is 9.73. The van der Waals surface area contributed by atoms with Crippen molar-refractivity contribution in [3.8, 4) is 0 Å². The van der Waals surface area contributed by atoms with Gasteiger partial charge in [0.25, 0.3) is 0 Å². The molecule has 3 heterocycles. The van der Waals surface area contributed by atoms with Crippen molar-refractivity contribution in [2.45, 2.75) is 72.0 Å². The number of quaternary nitrogens is 1. The summed E-state index contributed by atoms with van der Waals surface area (Å²) in [7, 11) is 0. The predicted octanol–water partition coefficient (Wildman–Crippen LogP) is 6.57. The molecule has 2 heteroatoms. The molecule has 0 spiro atoms. The van der Waals surface area contributed by atoms with E-state index in [2.05, 4.69) is 84.9 Å². The summed E-state index contributed by atoms with van der Waals surface area (Å²) in [5, 5.41) is 2.49. The van der Waals surface area contributed by atoms with Crippen LogP contribution in [0.2, 0.25) is 0 Å². The Bertz CT molecular complexity index is 1070. The van der Waals surface area contributed by atoms with Gasteiger partial charge in [-0.15, -0.1) is 0 Å². The van der Waals surface area contributed by atoms with Gasteiger partial charge in [0, 0.05) is 28.2 Å². The lowest BCUT2D eigenvalue weighted by Crippen LogP contribution is -2.48. The van der Waals surface area contributed by atoms with Crippen LogP contribution in [0.5, 0.6) is 0 Å². The van der Waals surface area contributed by atoms with Crippen LogP contribution in [-0.2, 0) is 0 Å². The molecule has 0 amide bonds. The van der Waals surface area contributed by atoms with Crippen molar-refractivity contribution < 1.29 is 4.42 Å². The number of hydrogen-bond donors (Lipinski definition) is 0. The number of para-hydroxylation sites is 1. The molecule has 2 fully saturated rings. The fraction of sp³-hybridized carbons (Fsp3) is 0.500. The molecule has 3 atom stereocenters. The maximum absolute atomic E-state index is 6.51. The van der Waals surface area contributed by atoms with Gasteiger partial charge in [-0.1, -0.05) is 38.1 Å². The summed E-state index contributed by atoms with van der Waals surface area (Å²) in [6.45, 7) is 17.1. The van der Waals surface area contributed by atoms with E-state index in [4.69, 9.17) is 4.42 Å². The Morgan fingerprint density at radius 3 is 2.31 bits per heavy atom. The average molecular weight is 349 g/mol. The van der Waals surface area contributed by atoms with Crippen molar-refractivity contribution in [2.24, 2.45) is 5.41 Å². The number of benzene rings is 2. The first-order chi connectivity index (χ1) is 12.1. The molecule has 2 aliphatic rings. The van der Waals surface area contributed by atoms with Gasteiger partial charge in [0.1, 0.15) is 17.2 Å². The zero-order valence-electron chi connectivity index (χ0n) is 17.1. The highest BCUT2D eigenvalue weighted by molar-refractivity contribution is 6.09. The Hall–Kier alpha value is -1.80. The number of fused-ring (bicyclic) bond motifs is 4. The Labute approximate surface area is 156 Å². The van der Waals surface area contributed by atoms with Gasteiger partial charge in [-0.25, -0.2) is 0 Å². The number of piperidine rings is 1. The van der Waals surface area contributed by atoms with E-state index in [1.54, 1.807) is 0 Å². The lowest BCUT2D eigenvalue weighted by Gasteiger charge is -2.35. The molecule has 2 saturated heterocycles. The molecule has 2 aliphatic heterocycles. The van der Waals surface area contributed by atoms with Crippen LogP contribution in [0.4, 0.5) is 5.69 Å². The second kappa shape index (κ2) is 4.36. The lowest BCUT2D eigenvalue weighted by molar-refractivity contribution is 0.247. The monoisotopic (exact) mass is 348 g/mol. The number of rotatable bonds is 1. The van der Waals surface area contributed by atoms with Crippen molar-refractivity contribution in [1.82, 2.24) is 4.48 Å². The van der Waals surface area contributed by atoms with E-state index in [0.717, 1.165) is 15.6 Å². The maximum Gasteiger partial charge on any atom is 0.196 e. The van der Waals surface area contributed by atoms with Gasteiger partial charge in [-0.2, -0.15) is 0 Å². The third-order valence-corrected chi connectivity index (χ3v) is 8.33. The van der Waals surface area contributed by atoms with Crippen molar-refractivity contribution in [3.63, 3.8) is 0 Å². The minimum absolute atomic E-state index is 0.190. The average Bonchev–Trinajstić information content (AvgIpc) is 2.85. The Morgan fingerprint density at radius 2 is 1.65 bits per heavy atom. The third-order valence-electron chi connectivity index (χ3n) is 8.33. The van der Waals surface area contributed by atoms with Crippen molar-refractivity contribution in [2.75, 3.05) is 0 Å². The van der Waals surface area contributed by atoms with Crippen LogP contribution in [0.3, 0.4) is 0 Å². The molecule has 136 valence electrons. The molecule has 0 radical (unpaired) electrons. The first kappa shape index (κ1) is 16.4. The molecular weight excluding hydrogens is 318 g/mol. The number of nitrogens with zero attached hydrogens (tertiary/aromatic N) is 1. The second-order valence-electron chi connectivity index (χ2n) is 10.1. The van der Waals surface area contributed by atoms with E-state index < -0.39 is 0 Å². The standard InChI is InChI=1S/C24H30NO/c1-15-12-13-18-17-10-8-9-11-19(17)26-21(18)20(15)25-16(2)24(25,7)22(3,4)14-23(25,5)6/h8-13,16H,14H2,1-7H3/q+1/t16-,24+,25+/m1/s1. The third kappa shape index (κ3) is 1.44. The van der Waals surface area contributed by atoms with Crippen LogP contribution in [0, 0.1) is 12.3 Å². The van der Waals surface area contributed by atoms with Gasteiger partial charge in [-0.3, -0.25) is 4.48 Å². The van der Waals surface area contributed by atoms with Gasteiger partial charge < -0.3 is 4.42 Å². The smallest absolute Gasteiger partial charge is 0.196 e. The van der Waals surface area contributed by atoms with E-state index in [1.165, 1.54) is 28.4 Å². The highest BCUT2D eigenvalue weighted by Gasteiger charge is 2.90. The molecule has 2 aromatic carbocycles. The van der Waals surface area contributed by atoms with Crippen LogP contribution < -0.4 is 4.48 Å².